The van der Waals surface area contributed by atoms with Crippen molar-refractivity contribution in [2.75, 3.05) is 13.6 Å². The van der Waals surface area contributed by atoms with Gasteiger partial charge >= 0.3 is 0 Å². The molecule has 0 saturated carbocycles. The van der Waals surface area contributed by atoms with Crippen molar-refractivity contribution < 1.29 is 0 Å². The Hall–Kier alpha value is -1.23. The fraction of sp³-hybridized carbons (Fsp3) is 0.571. The van der Waals surface area contributed by atoms with Crippen molar-refractivity contribution in [1.82, 2.24) is 10.9 Å². The molecule has 5 nitrogen and oxygen atoms in total. The third-order valence-electron chi connectivity index (χ3n) is 1.10. The van der Waals surface area contributed by atoms with Gasteiger partial charge in [-0.2, -0.15) is 0 Å². The first-order valence-electron chi connectivity index (χ1n) is 3.73. The first kappa shape index (κ1) is 10.8. The molecule has 0 aromatic rings. The van der Waals surface area contributed by atoms with Crippen molar-refractivity contribution in [1.29, 1.82) is 0 Å². The highest BCUT2D eigenvalue weighted by molar-refractivity contribution is 5.93. The van der Waals surface area contributed by atoms with Crippen LogP contribution in [0.15, 0.2) is 22.1 Å². The minimum Gasteiger partial charge on any atom is -0.303 e. The van der Waals surface area contributed by atoms with Crippen LogP contribution in [0.3, 0.4) is 0 Å². The third kappa shape index (κ3) is 4.56. The predicted molar refractivity (Wildman–Crippen MR) is 49.7 cm³/mol. The van der Waals surface area contributed by atoms with E-state index in [-0.39, 0.29) is 5.82 Å². The molecule has 12 heavy (non-hydrogen) atoms. The number of aliphatic imine (C=N–C) groups is 1. The number of nitrogens with zero attached hydrogens (tertiary/aromatic N) is 2. The molecule has 0 aliphatic heterocycles. The van der Waals surface area contributed by atoms with Crippen molar-refractivity contribution in [2.45, 2.75) is 13.8 Å². The maximum absolute atomic E-state index is 10.2. The molecule has 0 aromatic carbocycles. The van der Waals surface area contributed by atoms with Crippen LogP contribution in [0.2, 0.25) is 0 Å². The first-order valence-corrected chi connectivity index (χ1v) is 3.73. The molecular formula is C7H14N4O. The van der Waals surface area contributed by atoms with Gasteiger partial charge in [0.05, 0.1) is 0 Å². The molecule has 0 atom stereocenters. The molecular weight excluding hydrogens is 156 g/mol. The van der Waals surface area contributed by atoms with Crippen molar-refractivity contribution in [3.05, 3.63) is 16.8 Å². The lowest BCUT2D eigenvalue weighted by molar-refractivity contribution is 0.682. The largest absolute Gasteiger partial charge is 0.303 e. The van der Waals surface area contributed by atoms with Gasteiger partial charge in [0.1, 0.15) is 0 Å². The monoisotopic (exact) mass is 170 g/mol. The maximum atomic E-state index is 10.2. The quantitative estimate of drug-likeness (QED) is 0.364. The minimum absolute atomic E-state index is 0.229. The smallest absolute Gasteiger partial charge is 0.186 e. The normalized spacial score (nSPS) is 12.9. The summed E-state index contributed by atoms with van der Waals surface area (Å²) in [6.07, 6.45) is 1.58. The van der Waals surface area contributed by atoms with E-state index in [1.165, 1.54) is 0 Å². The number of nitrogens with one attached hydrogen (secondary N) is 2. The summed E-state index contributed by atoms with van der Waals surface area (Å²) in [5, 5.41) is 2.76. The van der Waals surface area contributed by atoms with Crippen molar-refractivity contribution in [2.24, 2.45) is 10.2 Å². The van der Waals surface area contributed by atoms with Crippen LogP contribution in [-0.2, 0) is 0 Å². The van der Waals surface area contributed by atoms with Crippen LogP contribution in [0.25, 0.3) is 0 Å². The SMILES string of the molecule is CCN=C(C)/C=C(/N=O)NNC. The van der Waals surface area contributed by atoms with Gasteiger partial charge in [0.25, 0.3) is 0 Å². The highest BCUT2D eigenvalue weighted by Crippen LogP contribution is 1.90. The molecule has 0 aromatic heterocycles. The number of nitroso groups, excluding NO2 is 1. The van der Waals surface area contributed by atoms with Gasteiger partial charge in [-0.05, 0) is 19.0 Å². The van der Waals surface area contributed by atoms with Crippen molar-refractivity contribution in [3.63, 3.8) is 0 Å². The average Bonchev–Trinajstić information content (AvgIpc) is 2.04. The summed E-state index contributed by atoms with van der Waals surface area (Å²) < 4.78 is 0. The maximum Gasteiger partial charge on any atom is 0.186 e. The molecule has 0 amide bonds. The summed E-state index contributed by atoms with van der Waals surface area (Å²) in [5.74, 6) is 0.229. The molecule has 0 fully saturated rings. The molecule has 0 unspecified atom stereocenters. The first-order chi connectivity index (χ1) is 5.74. The number of rotatable bonds is 5. The molecule has 5 heteroatoms. The van der Waals surface area contributed by atoms with Gasteiger partial charge in [0.2, 0.25) is 0 Å². The van der Waals surface area contributed by atoms with E-state index in [1.807, 2.05) is 13.8 Å². The second-order valence-electron chi connectivity index (χ2n) is 2.11. The number of hydrogen-bond donors (Lipinski definition) is 2. The van der Waals surface area contributed by atoms with Crippen molar-refractivity contribution >= 4 is 5.71 Å². The Labute approximate surface area is 71.9 Å². The predicted octanol–water partition coefficient (Wildman–Crippen LogP) is 0.799. The standard InChI is InChI=1S/C7H14N4O/c1-4-9-6(2)5-7(11-12)10-8-3/h5,8,10H,4H2,1-3H3/b7-5+,9-6?. The number of allylic oxidation sites excluding steroid dienone is 1. The van der Waals surface area contributed by atoms with E-state index >= 15 is 0 Å². The summed E-state index contributed by atoms with van der Waals surface area (Å²) in [6, 6.07) is 0. The zero-order valence-corrected chi connectivity index (χ0v) is 7.59. The molecule has 0 aliphatic carbocycles. The second-order valence-corrected chi connectivity index (χ2v) is 2.11. The van der Waals surface area contributed by atoms with Gasteiger partial charge in [0, 0.05) is 25.4 Å². The van der Waals surface area contributed by atoms with E-state index in [9.17, 15) is 4.91 Å². The van der Waals surface area contributed by atoms with Gasteiger partial charge in [-0.25, -0.2) is 5.43 Å². The lowest BCUT2D eigenvalue weighted by Gasteiger charge is -1.99. The van der Waals surface area contributed by atoms with Gasteiger partial charge in [-0.15, -0.1) is 4.91 Å². The van der Waals surface area contributed by atoms with E-state index in [1.54, 1.807) is 13.1 Å². The lowest BCUT2D eigenvalue weighted by Crippen LogP contribution is -2.26. The number of hydrogen-bond acceptors (Lipinski definition) is 5. The topological polar surface area (TPSA) is 65.8 Å². The van der Waals surface area contributed by atoms with E-state index in [4.69, 9.17) is 0 Å². The molecule has 0 spiro atoms. The summed E-state index contributed by atoms with van der Waals surface area (Å²) >= 11 is 0. The molecule has 0 radical (unpaired) electrons. The number of hydrazine groups is 1. The van der Waals surface area contributed by atoms with E-state index in [0.29, 0.717) is 6.54 Å². The van der Waals surface area contributed by atoms with Gasteiger partial charge in [-0.3, -0.25) is 4.99 Å². The average molecular weight is 170 g/mol. The molecule has 0 bridgehead atoms. The molecule has 0 aliphatic rings. The van der Waals surface area contributed by atoms with E-state index in [0.717, 1.165) is 5.71 Å². The van der Waals surface area contributed by atoms with E-state index in [2.05, 4.69) is 21.0 Å². The Bertz CT molecular complexity index is 198. The Morgan fingerprint density at radius 2 is 2.25 bits per heavy atom. The van der Waals surface area contributed by atoms with Crippen LogP contribution in [0.5, 0.6) is 0 Å². The van der Waals surface area contributed by atoms with Crippen LogP contribution in [0, 0.1) is 4.91 Å². The van der Waals surface area contributed by atoms with Gasteiger partial charge < -0.3 is 5.43 Å². The van der Waals surface area contributed by atoms with E-state index < -0.39 is 0 Å². The second kappa shape index (κ2) is 6.48. The van der Waals surface area contributed by atoms with Crippen LogP contribution < -0.4 is 10.9 Å². The van der Waals surface area contributed by atoms with Crippen LogP contribution in [0.4, 0.5) is 0 Å². The summed E-state index contributed by atoms with van der Waals surface area (Å²) in [5.41, 5.74) is 5.94. The van der Waals surface area contributed by atoms with Gasteiger partial charge in [0.15, 0.2) is 5.82 Å². The molecule has 0 rings (SSSR count). The van der Waals surface area contributed by atoms with Crippen LogP contribution in [0.1, 0.15) is 13.8 Å². The Balaban J connectivity index is 4.26. The lowest BCUT2D eigenvalue weighted by atomic mass is 10.4. The Morgan fingerprint density at radius 3 is 2.67 bits per heavy atom. The van der Waals surface area contributed by atoms with Gasteiger partial charge in [-0.1, -0.05) is 0 Å². The summed E-state index contributed by atoms with van der Waals surface area (Å²) in [4.78, 5) is 14.2. The molecule has 0 heterocycles. The zero-order valence-electron chi connectivity index (χ0n) is 7.59. The van der Waals surface area contributed by atoms with Crippen molar-refractivity contribution in [3.8, 4) is 0 Å². The Morgan fingerprint density at radius 1 is 1.58 bits per heavy atom. The van der Waals surface area contributed by atoms with Crippen LogP contribution >= 0.6 is 0 Å². The highest BCUT2D eigenvalue weighted by Gasteiger charge is 1.93. The molecule has 68 valence electrons. The molecule has 0 saturated heterocycles. The summed E-state index contributed by atoms with van der Waals surface area (Å²) in [7, 11) is 1.66. The minimum atomic E-state index is 0.229. The third-order valence-corrected chi connectivity index (χ3v) is 1.10. The Kier molecular flexibility index (Phi) is 5.81. The van der Waals surface area contributed by atoms with Crippen LogP contribution in [-0.4, -0.2) is 19.3 Å². The summed E-state index contributed by atoms with van der Waals surface area (Å²) in [6.45, 7) is 4.44. The highest BCUT2D eigenvalue weighted by atomic mass is 16.3. The molecule has 2 N–H and O–H groups in total. The fourth-order valence-corrected chi connectivity index (χ4v) is 0.706. The fourth-order valence-electron chi connectivity index (χ4n) is 0.706. The zero-order chi connectivity index (χ0) is 9.40.